The lowest BCUT2D eigenvalue weighted by atomic mass is 10.1. The second-order valence-corrected chi connectivity index (χ2v) is 4.21. The highest BCUT2D eigenvalue weighted by molar-refractivity contribution is 5.02. The van der Waals surface area contributed by atoms with Crippen LogP contribution in [-0.4, -0.2) is 40.0 Å². The van der Waals surface area contributed by atoms with Gasteiger partial charge >= 0.3 is 6.01 Å². The van der Waals surface area contributed by atoms with Gasteiger partial charge in [-0.1, -0.05) is 5.11 Å². The molecule has 1 N–H and O–H groups in total. The van der Waals surface area contributed by atoms with Gasteiger partial charge in [0.15, 0.2) is 0 Å². The van der Waals surface area contributed by atoms with E-state index < -0.39 is 23.9 Å². The summed E-state index contributed by atoms with van der Waals surface area (Å²) in [6, 6.07) is 0.966. The first-order valence-corrected chi connectivity index (χ1v) is 6.22. The molecule has 2 heterocycles. The predicted octanol–water partition coefficient (Wildman–Crippen LogP) is 0.601. The van der Waals surface area contributed by atoms with Gasteiger partial charge in [-0.3, -0.25) is 9.36 Å². The first kappa shape index (κ1) is 14.3. The molecule has 3 atom stereocenters. The van der Waals surface area contributed by atoms with E-state index in [-0.39, 0.29) is 12.6 Å². The van der Waals surface area contributed by atoms with Gasteiger partial charge in [0.2, 0.25) is 0 Å². The summed E-state index contributed by atoms with van der Waals surface area (Å²) in [5.41, 5.74) is 8.10. The molecule has 1 aromatic rings. The average molecular weight is 281 g/mol. The van der Waals surface area contributed by atoms with Crippen LogP contribution in [0.2, 0.25) is 0 Å². The summed E-state index contributed by atoms with van der Waals surface area (Å²) in [4.78, 5) is 17.8. The Balaban J connectivity index is 2.28. The zero-order valence-corrected chi connectivity index (χ0v) is 10.9. The van der Waals surface area contributed by atoms with Crippen molar-refractivity contribution in [2.24, 2.45) is 5.11 Å². The molecule has 20 heavy (non-hydrogen) atoms. The molecule has 0 radical (unpaired) electrons. The Kier molecular flexibility index (Phi) is 4.57. The van der Waals surface area contributed by atoms with Crippen LogP contribution in [0.5, 0.6) is 6.01 Å². The van der Waals surface area contributed by atoms with Crippen molar-refractivity contribution in [2.45, 2.75) is 31.7 Å². The highest BCUT2D eigenvalue weighted by Crippen LogP contribution is 2.32. The number of aliphatic hydroxyl groups is 1. The third-order valence-electron chi connectivity index (χ3n) is 2.97. The molecule has 1 aliphatic rings. The predicted molar refractivity (Wildman–Crippen MR) is 68.2 cm³/mol. The Morgan fingerprint density at radius 1 is 1.75 bits per heavy atom. The minimum Gasteiger partial charge on any atom is -0.465 e. The maximum Gasteiger partial charge on any atom is 0.301 e. The highest BCUT2D eigenvalue weighted by Gasteiger charge is 2.36. The molecule has 1 aromatic heterocycles. The van der Waals surface area contributed by atoms with Gasteiger partial charge in [0.05, 0.1) is 25.4 Å². The number of aliphatic hydroxyl groups excluding tert-OH is 1. The zero-order chi connectivity index (χ0) is 14.5. The van der Waals surface area contributed by atoms with Crippen molar-refractivity contribution in [3.63, 3.8) is 0 Å². The molecular formula is C11H15N5O4. The topological polar surface area (TPSA) is 122 Å². The largest absolute Gasteiger partial charge is 0.465 e. The summed E-state index contributed by atoms with van der Waals surface area (Å²) < 4.78 is 12.5. The summed E-state index contributed by atoms with van der Waals surface area (Å²) in [6.45, 7) is 1.88. The Labute approximate surface area is 114 Å². The van der Waals surface area contributed by atoms with Gasteiger partial charge in [-0.25, -0.2) is 0 Å². The Morgan fingerprint density at radius 3 is 3.20 bits per heavy atom. The van der Waals surface area contributed by atoms with Crippen molar-refractivity contribution in [3.05, 3.63) is 33.1 Å². The second-order valence-electron chi connectivity index (χ2n) is 4.21. The molecule has 1 aliphatic heterocycles. The summed E-state index contributed by atoms with van der Waals surface area (Å²) in [5, 5.41) is 12.8. The fourth-order valence-corrected chi connectivity index (χ4v) is 2.09. The molecule has 1 fully saturated rings. The van der Waals surface area contributed by atoms with Crippen molar-refractivity contribution in [3.8, 4) is 6.01 Å². The third-order valence-corrected chi connectivity index (χ3v) is 2.97. The average Bonchev–Trinajstić information content (AvgIpc) is 2.83. The van der Waals surface area contributed by atoms with Gasteiger partial charge in [-0.15, -0.1) is 0 Å². The van der Waals surface area contributed by atoms with E-state index in [0.29, 0.717) is 13.0 Å². The van der Waals surface area contributed by atoms with Crippen molar-refractivity contribution < 1.29 is 14.6 Å². The number of rotatable bonds is 5. The molecule has 0 aromatic carbocycles. The first-order chi connectivity index (χ1) is 9.69. The maximum atomic E-state index is 11.3. The maximum absolute atomic E-state index is 11.3. The van der Waals surface area contributed by atoms with Crippen LogP contribution in [0.1, 0.15) is 19.6 Å². The normalized spacial score (nSPS) is 25.2. The van der Waals surface area contributed by atoms with Crippen LogP contribution in [0.15, 0.2) is 22.2 Å². The lowest BCUT2D eigenvalue weighted by Gasteiger charge is -2.18. The van der Waals surface area contributed by atoms with Gasteiger partial charge in [-0.05, 0) is 12.5 Å². The van der Waals surface area contributed by atoms with E-state index in [2.05, 4.69) is 15.0 Å². The molecule has 2 rings (SSSR count). The van der Waals surface area contributed by atoms with Crippen molar-refractivity contribution >= 4 is 0 Å². The monoisotopic (exact) mass is 281 g/mol. The molecule has 108 valence electrons. The van der Waals surface area contributed by atoms with E-state index in [1.54, 1.807) is 11.5 Å². The minimum absolute atomic E-state index is 0.142. The number of ether oxygens (including phenoxy) is 2. The standard InChI is InChI=1S/C11H15N5O4/c1-2-19-11-13-9(18)3-4-16(11)10-5-7(14-15-12)8(6-17)20-10/h3-4,7-8,10,17H,2,5-6H2,1H3/t7-,8+,10-/m0/s1. The quantitative estimate of drug-likeness (QED) is 0.481. The summed E-state index contributed by atoms with van der Waals surface area (Å²) in [7, 11) is 0. The molecule has 0 amide bonds. The third kappa shape index (κ3) is 2.90. The van der Waals surface area contributed by atoms with Crippen LogP contribution in [0.25, 0.3) is 10.4 Å². The van der Waals surface area contributed by atoms with Gasteiger partial charge in [0, 0.05) is 23.6 Å². The van der Waals surface area contributed by atoms with Crippen LogP contribution < -0.4 is 10.3 Å². The molecule has 0 saturated carbocycles. The van der Waals surface area contributed by atoms with Crippen molar-refractivity contribution in [1.29, 1.82) is 0 Å². The number of aromatic nitrogens is 2. The van der Waals surface area contributed by atoms with Gasteiger partial charge < -0.3 is 14.6 Å². The summed E-state index contributed by atoms with van der Waals surface area (Å²) in [5.74, 6) is 0. The number of nitrogens with zero attached hydrogens (tertiary/aromatic N) is 5. The lowest BCUT2D eigenvalue weighted by Crippen LogP contribution is -2.23. The van der Waals surface area contributed by atoms with E-state index >= 15 is 0 Å². The smallest absolute Gasteiger partial charge is 0.301 e. The molecule has 0 spiro atoms. The number of hydrogen-bond donors (Lipinski definition) is 1. The zero-order valence-electron chi connectivity index (χ0n) is 10.9. The van der Waals surface area contributed by atoms with E-state index in [0.717, 1.165) is 0 Å². The number of azide groups is 1. The van der Waals surface area contributed by atoms with Crippen LogP contribution >= 0.6 is 0 Å². The molecular weight excluding hydrogens is 266 g/mol. The summed E-state index contributed by atoms with van der Waals surface area (Å²) >= 11 is 0. The Bertz CT molecular complexity index is 568. The fraction of sp³-hybridized carbons (Fsp3) is 0.636. The van der Waals surface area contributed by atoms with Gasteiger partial charge in [0.1, 0.15) is 6.23 Å². The number of hydrogen-bond acceptors (Lipinski definition) is 6. The molecule has 0 unspecified atom stereocenters. The van der Waals surface area contributed by atoms with Crippen molar-refractivity contribution in [1.82, 2.24) is 9.55 Å². The van der Waals surface area contributed by atoms with Crippen LogP contribution in [-0.2, 0) is 4.74 Å². The first-order valence-electron chi connectivity index (χ1n) is 6.22. The highest BCUT2D eigenvalue weighted by atomic mass is 16.5. The van der Waals surface area contributed by atoms with Crippen LogP contribution in [0.4, 0.5) is 0 Å². The van der Waals surface area contributed by atoms with E-state index in [1.165, 1.54) is 12.3 Å². The van der Waals surface area contributed by atoms with E-state index in [9.17, 15) is 9.90 Å². The minimum atomic E-state index is -0.579. The van der Waals surface area contributed by atoms with E-state index in [4.69, 9.17) is 15.0 Å². The molecule has 9 heteroatoms. The fourth-order valence-electron chi connectivity index (χ4n) is 2.09. The van der Waals surface area contributed by atoms with Crippen LogP contribution in [0.3, 0.4) is 0 Å². The molecule has 0 aliphatic carbocycles. The van der Waals surface area contributed by atoms with Crippen LogP contribution in [0, 0.1) is 0 Å². The Morgan fingerprint density at radius 2 is 2.55 bits per heavy atom. The molecule has 9 nitrogen and oxygen atoms in total. The lowest BCUT2D eigenvalue weighted by molar-refractivity contribution is -0.0292. The molecule has 0 bridgehead atoms. The van der Waals surface area contributed by atoms with Gasteiger partial charge in [-0.2, -0.15) is 4.98 Å². The molecule has 1 saturated heterocycles. The van der Waals surface area contributed by atoms with E-state index in [1.807, 2.05) is 0 Å². The Hall–Kier alpha value is -2.09. The summed E-state index contributed by atoms with van der Waals surface area (Å²) in [6.07, 6.45) is 0.805. The SMILES string of the molecule is CCOc1nc(=O)ccn1[C@@H]1C[C@H](N=[N+]=[N-])[C@@H](CO)O1. The van der Waals surface area contributed by atoms with Gasteiger partial charge in [0.25, 0.3) is 5.56 Å². The van der Waals surface area contributed by atoms with Crippen molar-refractivity contribution in [2.75, 3.05) is 13.2 Å². The second kappa shape index (κ2) is 6.38.